The second-order valence-corrected chi connectivity index (χ2v) is 8.01. The zero-order valence-corrected chi connectivity index (χ0v) is 18.4. The Hall–Kier alpha value is -2.94. The maximum absolute atomic E-state index is 13.5. The third-order valence-corrected chi connectivity index (χ3v) is 5.48. The van der Waals surface area contributed by atoms with Crippen molar-refractivity contribution >= 4 is 45.2 Å². The van der Waals surface area contributed by atoms with Gasteiger partial charge in [-0.25, -0.2) is 4.39 Å². The molecule has 0 heterocycles. The van der Waals surface area contributed by atoms with Crippen molar-refractivity contribution in [1.29, 1.82) is 5.26 Å². The van der Waals surface area contributed by atoms with Gasteiger partial charge in [-0.15, -0.1) is 0 Å². The standard InChI is InChI=1S/C24H17BrClFN2O/c1-15-22(26)6-3-7-23(15)29-24(30)19(14-28)12-18-13-20(25)9-8-17(18)10-16-4-2-5-21(27)11-16/h2-9,11-13H,10H2,1H3,(H,29,30)/b19-12+. The molecular weight excluding hydrogens is 467 g/mol. The van der Waals surface area contributed by atoms with Crippen molar-refractivity contribution in [3.05, 3.63) is 104 Å². The summed E-state index contributed by atoms with van der Waals surface area (Å²) in [5, 5.41) is 12.8. The number of nitriles is 1. The maximum Gasteiger partial charge on any atom is 0.266 e. The number of anilines is 1. The topological polar surface area (TPSA) is 52.9 Å². The van der Waals surface area contributed by atoms with Crippen molar-refractivity contribution in [3.8, 4) is 6.07 Å². The largest absolute Gasteiger partial charge is 0.321 e. The number of carbonyl (C=O) groups excluding carboxylic acids is 1. The van der Waals surface area contributed by atoms with E-state index in [9.17, 15) is 14.4 Å². The van der Waals surface area contributed by atoms with Crippen LogP contribution in [0.1, 0.15) is 22.3 Å². The van der Waals surface area contributed by atoms with E-state index in [0.29, 0.717) is 22.7 Å². The summed E-state index contributed by atoms with van der Waals surface area (Å²) in [5.41, 5.74) is 3.57. The number of halogens is 3. The molecule has 3 nitrogen and oxygen atoms in total. The molecule has 6 heteroatoms. The van der Waals surface area contributed by atoms with Gasteiger partial charge in [-0.3, -0.25) is 4.79 Å². The molecule has 0 radical (unpaired) electrons. The Labute approximate surface area is 187 Å². The lowest BCUT2D eigenvalue weighted by atomic mass is 9.98. The molecule has 0 aromatic heterocycles. The number of hydrogen-bond donors (Lipinski definition) is 1. The van der Waals surface area contributed by atoms with Crippen LogP contribution in [-0.2, 0) is 11.2 Å². The van der Waals surface area contributed by atoms with Gasteiger partial charge in [0.15, 0.2) is 0 Å². The van der Waals surface area contributed by atoms with Gasteiger partial charge in [-0.05, 0) is 78.1 Å². The Bertz CT molecular complexity index is 1180. The first-order valence-electron chi connectivity index (χ1n) is 9.08. The smallest absolute Gasteiger partial charge is 0.266 e. The lowest BCUT2D eigenvalue weighted by molar-refractivity contribution is -0.112. The zero-order valence-electron chi connectivity index (χ0n) is 16.0. The van der Waals surface area contributed by atoms with Gasteiger partial charge in [0.05, 0.1) is 0 Å². The maximum atomic E-state index is 13.5. The van der Waals surface area contributed by atoms with Crippen LogP contribution in [0.4, 0.5) is 10.1 Å². The van der Waals surface area contributed by atoms with E-state index in [-0.39, 0.29) is 11.4 Å². The molecule has 0 unspecified atom stereocenters. The molecule has 0 aliphatic heterocycles. The average Bonchev–Trinajstić information content (AvgIpc) is 2.71. The normalized spacial score (nSPS) is 11.1. The molecule has 0 atom stereocenters. The molecule has 3 rings (SSSR count). The summed E-state index contributed by atoms with van der Waals surface area (Å²) in [7, 11) is 0. The van der Waals surface area contributed by atoms with E-state index < -0.39 is 5.91 Å². The van der Waals surface area contributed by atoms with Gasteiger partial charge in [0.25, 0.3) is 5.91 Å². The van der Waals surface area contributed by atoms with Crippen LogP contribution in [-0.4, -0.2) is 5.91 Å². The van der Waals surface area contributed by atoms with Crippen LogP contribution >= 0.6 is 27.5 Å². The van der Waals surface area contributed by atoms with Crippen LogP contribution in [0.15, 0.2) is 70.7 Å². The Morgan fingerprint density at radius 2 is 1.97 bits per heavy atom. The first kappa shape index (κ1) is 21.8. The molecule has 1 amide bonds. The fourth-order valence-electron chi connectivity index (χ4n) is 2.96. The second kappa shape index (κ2) is 9.71. The molecule has 1 N–H and O–H groups in total. The molecule has 0 saturated heterocycles. The molecule has 0 aliphatic carbocycles. The average molecular weight is 484 g/mol. The van der Waals surface area contributed by atoms with Crippen molar-refractivity contribution in [1.82, 2.24) is 0 Å². The fourth-order valence-corrected chi connectivity index (χ4v) is 3.52. The summed E-state index contributed by atoms with van der Waals surface area (Å²) in [6.07, 6.45) is 2.00. The predicted molar refractivity (Wildman–Crippen MR) is 122 cm³/mol. The first-order valence-corrected chi connectivity index (χ1v) is 10.3. The predicted octanol–water partition coefficient (Wildman–Crippen LogP) is 6.69. The van der Waals surface area contributed by atoms with Crippen molar-refractivity contribution in [2.24, 2.45) is 0 Å². The number of hydrogen-bond acceptors (Lipinski definition) is 2. The highest BCUT2D eigenvalue weighted by atomic mass is 79.9. The van der Waals surface area contributed by atoms with Crippen molar-refractivity contribution in [3.63, 3.8) is 0 Å². The molecule has 0 spiro atoms. The monoisotopic (exact) mass is 482 g/mol. The van der Waals surface area contributed by atoms with Gasteiger partial charge in [0.1, 0.15) is 17.5 Å². The Morgan fingerprint density at radius 3 is 2.70 bits per heavy atom. The van der Waals surface area contributed by atoms with E-state index in [0.717, 1.165) is 21.2 Å². The van der Waals surface area contributed by atoms with Crippen molar-refractivity contribution < 1.29 is 9.18 Å². The lowest BCUT2D eigenvalue weighted by Crippen LogP contribution is -2.14. The van der Waals surface area contributed by atoms with E-state index in [1.807, 2.05) is 30.3 Å². The van der Waals surface area contributed by atoms with E-state index in [1.54, 1.807) is 31.2 Å². The van der Waals surface area contributed by atoms with Gasteiger partial charge in [-0.1, -0.05) is 51.8 Å². The SMILES string of the molecule is Cc1c(Cl)cccc1NC(=O)/C(C#N)=C/c1cc(Br)ccc1Cc1cccc(F)c1. The Kier molecular flexibility index (Phi) is 7.04. The van der Waals surface area contributed by atoms with Crippen LogP contribution in [0.25, 0.3) is 6.08 Å². The summed E-state index contributed by atoms with van der Waals surface area (Å²) >= 11 is 9.53. The van der Waals surface area contributed by atoms with Gasteiger partial charge >= 0.3 is 0 Å². The first-order chi connectivity index (χ1) is 14.4. The lowest BCUT2D eigenvalue weighted by Gasteiger charge is -2.10. The van der Waals surface area contributed by atoms with E-state index in [4.69, 9.17) is 11.6 Å². The molecule has 150 valence electrons. The summed E-state index contributed by atoms with van der Waals surface area (Å²) in [6, 6.07) is 19.1. The minimum absolute atomic E-state index is 0.0482. The van der Waals surface area contributed by atoms with Crippen molar-refractivity contribution in [2.45, 2.75) is 13.3 Å². The fraction of sp³-hybridized carbons (Fsp3) is 0.0833. The molecule has 0 saturated carbocycles. The summed E-state index contributed by atoms with van der Waals surface area (Å²) in [5.74, 6) is -0.838. The van der Waals surface area contributed by atoms with Crippen LogP contribution in [0.3, 0.4) is 0 Å². The number of nitrogens with zero attached hydrogens (tertiary/aromatic N) is 1. The molecule has 0 fully saturated rings. The highest BCUT2D eigenvalue weighted by Crippen LogP contribution is 2.25. The third kappa shape index (κ3) is 5.35. The number of carbonyl (C=O) groups is 1. The van der Waals surface area contributed by atoms with Gasteiger partial charge in [-0.2, -0.15) is 5.26 Å². The highest BCUT2D eigenvalue weighted by molar-refractivity contribution is 9.10. The van der Waals surface area contributed by atoms with E-state index in [2.05, 4.69) is 21.2 Å². The quantitative estimate of drug-likeness (QED) is 0.325. The van der Waals surface area contributed by atoms with Gasteiger partial charge in [0, 0.05) is 15.2 Å². The minimum atomic E-state index is -0.528. The van der Waals surface area contributed by atoms with Crippen LogP contribution in [0.2, 0.25) is 5.02 Å². The van der Waals surface area contributed by atoms with Crippen molar-refractivity contribution in [2.75, 3.05) is 5.32 Å². The molecule has 3 aromatic rings. The second-order valence-electron chi connectivity index (χ2n) is 6.69. The zero-order chi connectivity index (χ0) is 21.7. The van der Waals surface area contributed by atoms with Crippen LogP contribution in [0.5, 0.6) is 0 Å². The molecule has 30 heavy (non-hydrogen) atoms. The number of benzene rings is 3. The number of rotatable bonds is 5. The van der Waals surface area contributed by atoms with E-state index >= 15 is 0 Å². The Balaban J connectivity index is 1.93. The Morgan fingerprint density at radius 1 is 1.20 bits per heavy atom. The highest BCUT2D eigenvalue weighted by Gasteiger charge is 2.13. The number of nitrogens with one attached hydrogen (secondary N) is 1. The molecule has 3 aromatic carbocycles. The van der Waals surface area contributed by atoms with E-state index in [1.165, 1.54) is 18.2 Å². The minimum Gasteiger partial charge on any atom is -0.321 e. The van der Waals surface area contributed by atoms with Crippen LogP contribution in [0, 0.1) is 24.1 Å². The summed E-state index contributed by atoms with van der Waals surface area (Å²) in [4.78, 5) is 12.7. The van der Waals surface area contributed by atoms with Gasteiger partial charge < -0.3 is 5.32 Å². The molecular formula is C24H17BrClFN2O. The molecule has 0 bridgehead atoms. The van der Waals surface area contributed by atoms with Crippen LogP contribution < -0.4 is 5.32 Å². The summed E-state index contributed by atoms with van der Waals surface area (Å²) in [6.45, 7) is 1.79. The van der Waals surface area contributed by atoms with Gasteiger partial charge in [0.2, 0.25) is 0 Å². The summed E-state index contributed by atoms with van der Waals surface area (Å²) < 4.78 is 14.4. The molecule has 0 aliphatic rings. The third-order valence-electron chi connectivity index (χ3n) is 4.57. The number of amides is 1.